The van der Waals surface area contributed by atoms with Gasteiger partial charge in [0.15, 0.2) is 0 Å². The first-order valence-electron chi connectivity index (χ1n) is 6.90. The van der Waals surface area contributed by atoms with Crippen molar-refractivity contribution in [3.05, 3.63) is 24.3 Å². The van der Waals surface area contributed by atoms with Gasteiger partial charge in [-0.1, -0.05) is 6.42 Å². The molecule has 0 unspecified atom stereocenters. The van der Waals surface area contributed by atoms with Gasteiger partial charge in [-0.25, -0.2) is 13.1 Å². The molecule has 1 rings (SSSR count). The van der Waals surface area contributed by atoms with Crippen molar-refractivity contribution in [2.75, 3.05) is 11.9 Å². The molecule has 0 aliphatic rings. The molecular weight excluding hydrogens is 308 g/mol. The molecule has 8 heteroatoms. The molecule has 0 spiro atoms. The summed E-state index contributed by atoms with van der Waals surface area (Å²) in [6, 6.07) is 5.86. The highest BCUT2D eigenvalue weighted by Crippen LogP contribution is 2.14. The number of benzene rings is 1. The number of anilines is 1. The summed E-state index contributed by atoms with van der Waals surface area (Å²) in [5, 5.41) is 11.0. The summed E-state index contributed by atoms with van der Waals surface area (Å²) in [6.07, 6.45) is 1.85. The van der Waals surface area contributed by atoms with Crippen molar-refractivity contribution >= 4 is 27.6 Å². The normalized spacial score (nSPS) is 11.1. The van der Waals surface area contributed by atoms with E-state index in [4.69, 9.17) is 5.11 Å². The number of carbonyl (C=O) groups excluding carboxylic acids is 1. The van der Waals surface area contributed by atoms with Crippen molar-refractivity contribution in [3.8, 4) is 0 Å². The third-order valence-electron chi connectivity index (χ3n) is 2.84. The minimum atomic E-state index is -3.59. The van der Waals surface area contributed by atoms with Crippen LogP contribution in [0.3, 0.4) is 0 Å². The van der Waals surface area contributed by atoms with Gasteiger partial charge in [0, 0.05) is 25.6 Å². The smallest absolute Gasteiger partial charge is 0.303 e. The third kappa shape index (κ3) is 6.68. The fourth-order valence-corrected chi connectivity index (χ4v) is 2.86. The van der Waals surface area contributed by atoms with Crippen LogP contribution in [-0.2, 0) is 19.6 Å². The third-order valence-corrected chi connectivity index (χ3v) is 4.32. The molecular formula is C14H20N2O5S. The summed E-state index contributed by atoms with van der Waals surface area (Å²) < 4.78 is 26.5. The number of nitrogens with one attached hydrogen (secondary N) is 2. The van der Waals surface area contributed by atoms with E-state index >= 15 is 0 Å². The fourth-order valence-electron chi connectivity index (χ4n) is 1.79. The van der Waals surface area contributed by atoms with E-state index in [2.05, 4.69) is 10.0 Å². The zero-order chi connectivity index (χ0) is 16.6. The van der Waals surface area contributed by atoms with Gasteiger partial charge >= 0.3 is 5.97 Å². The summed E-state index contributed by atoms with van der Waals surface area (Å²) in [6.45, 7) is 1.63. The molecule has 0 aliphatic carbocycles. The average molecular weight is 328 g/mol. The van der Waals surface area contributed by atoms with E-state index < -0.39 is 16.0 Å². The molecule has 0 heterocycles. The number of aliphatic carboxylic acids is 1. The summed E-state index contributed by atoms with van der Waals surface area (Å²) in [5.74, 6) is -1.07. The predicted octanol–water partition coefficient (Wildman–Crippen LogP) is 1.57. The first-order chi connectivity index (χ1) is 10.3. The van der Waals surface area contributed by atoms with Gasteiger partial charge in [0.2, 0.25) is 15.9 Å². The Bertz CT molecular complexity index is 611. The van der Waals surface area contributed by atoms with E-state index in [0.717, 1.165) is 0 Å². The Morgan fingerprint density at radius 2 is 1.73 bits per heavy atom. The van der Waals surface area contributed by atoms with Gasteiger partial charge in [-0.3, -0.25) is 9.59 Å². The summed E-state index contributed by atoms with van der Waals surface area (Å²) in [4.78, 5) is 21.3. The van der Waals surface area contributed by atoms with E-state index in [0.29, 0.717) is 24.9 Å². The van der Waals surface area contributed by atoms with Gasteiger partial charge in [0.1, 0.15) is 0 Å². The van der Waals surface area contributed by atoms with Crippen molar-refractivity contribution in [1.82, 2.24) is 4.72 Å². The number of amides is 1. The van der Waals surface area contributed by atoms with Crippen LogP contribution in [0.2, 0.25) is 0 Å². The van der Waals surface area contributed by atoms with Gasteiger partial charge < -0.3 is 10.4 Å². The second-order valence-corrected chi connectivity index (χ2v) is 6.57. The standard InChI is InChI=1S/C14H20N2O5S/c1-11(17)16-12-6-8-13(9-7-12)22(20,21)15-10-4-2-3-5-14(18)19/h6-9,15H,2-5,10H2,1H3,(H,16,17)(H,18,19). The second kappa shape index (κ2) is 8.50. The maximum absolute atomic E-state index is 12.0. The molecule has 0 aliphatic heterocycles. The number of hydrogen-bond donors (Lipinski definition) is 3. The van der Waals surface area contributed by atoms with Crippen LogP contribution >= 0.6 is 0 Å². The highest BCUT2D eigenvalue weighted by molar-refractivity contribution is 7.89. The van der Waals surface area contributed by atoms with Crippen LogP contribution in [0.1, 0.15) is 32.6 Å². The lowest BCUT2D eigenvalue weighted by atomic mass is 10.2. The van der Waals surface area contributed by atoms with Crippen LogP contribution < -0.4 is 10.0 Å². The van der Waals surface area contributed by atoms with Crippen LogP contribution in [0.5, 0.6) is 0 Å². The highest BCUT2D eigenvalue weighted by Gasteiger charge is 2.13. The molecule has 0 atom stereocenters. The van der Waals surface area contributed by atoms with Crippen molar-refractivity contribution in [3.63, 3.8) is 0 Å². The van der Waals surface area contributed by atoms with Gasteiger partial charge in [0.25, 0.3) is 0 Å². The molecule has 1 aromatic rings. The minimum absolute atomic E-state index is 0.0946. The number of carbonyl (C=O) groups is 2. The monoisotopic (exact) mass is 328 g/mol. The molecule has 0 saturated heterocycles. The molecule has 1 aromatic carbocycles. The van der Waals surface area contributed by atoms with E-state index in [1.54, 1.807) is 0 Å². The minimum Gasteiger partial charge on any atom is -0.481 e. The molecule has 0 bridgehead atoms. The first kappa shape index (κ1) is 18.1. The van der Waals surface area contributed by atoms with Gasteiger partial charge in [-0.15, -0.1) is 0 Å². The lowest BCUT2D eigenvalue weighted by molar-refractivity contribution is -0.137. The number of carboxylic acid groups (broad SMARTS) is 1. The van der Waals surface area contributed by atoms with E-state index in [1.807, 2.05) is 0 Å². The summed E-state index contributed by atoms with van der Waals surface area (Å²) in [7, 11) is -3.59. The van der Waals surface area contributed by atoms with E-state index in [1.165, 1.54) is 31.2 Å². The Kier molecular flexibility index (Phi) is 7.00. The van der Waals surface area contributed by atoms with Gasteiger partial charge in [-0.05, 0) is 37.1 Å². The average Bonchev–Trinajstić information content (AvgIpc) is 2.42. The molecule has 22 heavy (non-hydrogen) atoms. The van der Waals surface area contributed by atoms with Crippen LogP contribution in [0.25, 0.3) is 0 Å². The lowest BCUT2D eigenvalue weighted by Gasteiger charge is -2.08. The summed E-state index contributed by atoms with van der Waals surface area (Å²) >= 11 is 0. The zero-order valence-electron chi connectivity index (χ0n) is 12.3. The van der Waals surface area contributed by atoms with Gasteiger partial charge in [0.05, 0.1) is 4.90 Å². The molecule has 0 aromatic heterocycles. The molecule has 3 N–H and O–H groups in total. The maximum atomic E-state index is 12.0. The quantitative estimate of drug-likeness (QED) is 0.596. The Morgan fingerprint density at radius 3 is 2.27 bits per heavy atom. The summed E-state index contributed by atoms with van der Waals surface area (Å²) in [5.41, 5.74) is 0.528. The molecule has 0 radical (unpaired) electrons. The SMILES string of the molecule is CC(=O)Nc1ccc(S(=O)(=O)NCCCCCC(=O)O)cc1. The van der Waals surface area contributed by atoms with E-state index in [9.17, 15) is 18.0 Å². The highest BCUT2D eigenvalue weighted by atomic mass is 32.2. The fraction of sp³-hybridized carbons (Fsp3) is 0.429. The lowest BCUT2D eigenvalue weighted by Crippen LogP contribution is -2.24. The molecule has 7 nitrogen and oxygen atoms in total. The molecule has 1 amide bonds. The van der Waals surface area contributed by atoms with Crippen molar-refractivity contribution < 1.29 is 23.1 Å². The molecule has 0 saturated carbocycles. The molecule has 122 valence electrons. The van der Waals surface area contributed by atoms with Crippen molar-refractivity contribution in [2.45, 2.75) is 37.5 Å². The maximum Gasteiger partial charge on any atom is 0.303 e. The van der Waals surface area contributed by atoms with Crippen molar-refractivity contribution in [2.24, 2.45) is 0 Å². The Balaban J connectivity index is 2.45. The van der Waals surface area contributed by atoms with Crippen molar-refractivity contribution in [1.29, 1.82) is 0 Å². The Morgan fingerprint density at radius 1 is 1.09 bits per heavy atom. The van der Waals surface area contributed by atoms with Crippen LogP contribution in [-0.4, -0.2) is 31.9 Å². The van der Waals surface area contributed by atoms with Gasteiger partial charge in [-0.2, -0.15) is 0 Å². The van der Waals surface area contributed by atoms with Crippen LogP contribution in [0.4, 0.5) is 5.69 Å². The first-order valence-corrected chi connectivity index (χ1v) is 8.39. The van der Waals surface area contributed by atoms with E-state index in [-0.39, 0.29) is 23.8 Å². The number of carboxylic acids is 1. The number of sulfonamides is 1. The topological polar surface area (TPSA) is 113 Å². The largest absolute Gasteiger partial charge is 0.481 e. The Labute approximate surface area is 129 Å². The number of hydrogen-bond acceptors (Lipinski definition) is 4. The number of unbranched alkanes of at least 4 members (excludes halogenated alkanes) is 2. The second-order valence-electron chi connectivity index (χ2n) is 4.81. The number of rotatable bonds is 9. The molecule has 0 fully saturated rings. The zero-order valence-corrected chi connectivity index (χ0v) is 13.1. The van der Waals surface area contributed by atoms with Crippen LogP contribution in [0.15, 0.2) is 29.2 Å². The van der Waals surface area contributed by atoms with Crippen LogP contribution in [0, 0.1) is 0 Å². The Hall–Kier alpha value is -1.93. The predicted molar refractivity (Wildman–Crippen MR) is 82.0 cm³/mol.